The molecule has 64 heavy (non-hydrogen) atoms. The first kappa shape index (κ1) is 46.1. The molecule has 5 N–H and O–H groups in total. The third-order valence-corrected chi connectivity index (χ3v) is 13.3. The molecule has 14 heteroatoms. The van der Waals surface area contributed by atoms with Gasteiger partial charge < -0.3 is 40.8 Å². The third-order valence-electron chi connectivity index (χ3n) is 13.3. The molecular weight excluding hydrogens is 807 g/mol. The molecule has 0 spiro atoms. The van der Waals surface area contributed by atoms with E-state index in [1.165, 1.54) is 0 Å². The molecule has 0 unspecified atom stereocenters. The Morgan fingerprint density at radius 2 is 1.80 bits per heavy atom. The highest BCUT2D eigenvalue weighted by molar-refractivity contribution is 6.20. The minimum Gasteiger partial charge on any atom is -0.444 e. The normalized spacial score (nSPS) is 18.5. The Morgan fingerprint density at radius 1 is 1.05 bits per heavy atom. The summed E-state index contributed by atoms with van der Waals surface area (Å²) in [5.41, 5.74) is 12.4. The number of carbonyl (C=O) groups excluding carboxylic acids is 4. The summed E-state index contributed by atoms with van der Waals surface area (Å²) in [5.74, 6) is 0.357. The summed E-state index contributed by atoms with van der Waals surface area (Å²) >= 11 is 0. The lowest BCUT2D eigenvalue weighted by Crippen LogP contribution is -2.53. The second-order valence-electron chi connectivity index (χ2n) is 20.0. The Balaban J connectivity index is 0.923. The summed E-state index contributed by atoms with van der Waals surface area (Å²) in [6.45, 7) is 20.8. The number of hydrogen-bond donors (Lipinski definition) is 4. The van der Waals surface area contributed by atoms with E-state index in [4.69, 9.17) is 10.5 Å². The van der Waals surface area contributed by atoms with Gasteiger partial charge in [-0.3, -0.25) is 14.4 Å². The minimum atomic E-state index is -0.790. The van der Waals surface area contributed by atoms with Crippen LogP contribution in [0.2, 0.25) is 0 Å². The Morgan fingerprint density at radius 3 is 2.48 bits per heavy atom. The van der Waals surface area contributed by atoms with Gasteiger partial charge in [-0.25, -0.2) is 9.78 Å². The maximum atomic E-state index is 14.1. The molecule has 0 bridgehead atoms. The first-order valence-electron chi connectivity index (χ1n) is 22.8. The van der Waals surface area contributed by atoms with E-state index in [-0.39, 0.29) is 29.1 Å². The molecule has 2 aromatic carbocycles. The predicted molar refractivity (Wildman–Crippen MR) is 249 cm³/mol. The van der Waals surface area contributed by atoms with Crippen molar-refractivity contribution in [1.29, 1.82) is 5.26 Å². The zero-order chi connectivity index (χ0) is 46.1. The zero-order valence-electron chi connectivity index (χ0n) is 38.8. The predicted octanol–water partition coefficient (Wildman–Crippen LogP) is 6.62. The maximum Gasteiger partial charge on any atom is 0.408 e. The number of benzene rings is 2. The summed E-state index contributed by atoms with van der Waals surface area (Å²) < 4.78 is 5.50. The fourth-order valence-electron chi connectivity index (χ4n) is 9.78. The fourth-order valence-corrected chi connectivity index (χ4v) is 9.78. The van der Waals surface area contributed by atoms with E-state index in [0.717, 1.165) is 64.0 Å². The summed E-state index contributed by atoms with van der Waals surface area (Å²) in [6, 6.07) is 14.7. The number of nitrogens with zero attached hydrogens (tertiary/aromatic N) is 5. The second kappa shape index (κ2) is 18.3. The van der Waals surface area contributed by atoms with Gasteiger partial charge in [0.2, 0.25) is 11.8 Å². The van der Waals surface area contributed by atoms with Crippen LogP contribution in [0.15, 0.2) is 48.7 Å². The standard InChI is InChI=1S/C50H65N9O5/c1-9-32-26-35-36(50(7,8)44-42(43(35)61)34-18-17-31(28-51)25-38(34)54-44)27-39(32)58-21-23-59(24-22-58)41(60)16-12-20-57-29-40(49(5,6)30-57)56-46(62)37(55-47(63)64-48(2,3)4)15-10-13-33-14-11-19-53-45(33)52/h11,14,17-19,25-27,37,40,54H,9-10,12-13,15-16,20-24,29-30H2,1-8H3,(H2,52,53)(H,55,63)(H,56,62)/t37-,40-/m0/s1. The van der Waals surface area contributed by atoms with Crippen LogP contribution in [0.4, 0.5) is 16.3 Å². The molecule has 14 nitrogen and oxygen atoms in total. The largest absolute Gasteiger partial charge is 0.444 e. The number of pyridine rings is 1. The first-order valence-corrected chi connectivity index (χ1v) is 22.8. The lowest BCUT2D eigenvalue weighted by molar-refractivity contribution is -0.131. The number of anilines is 2. The molecule has 2 atom stereocenters. The summed E-state index contributed by atoms with van der Waals surface area (Å²) in [7, 11) is 0. The van der Waals surface area contributed by atoms with E-state index < -0.39 is 23.2 Å². The van der Waals surface area contributed by atoms with Gasteiger partial charge in [-0.1, -0.05) is 46.8 Å². The average molecular weight is 872 g/mol. The maximum absolute atomic E-state index is 14.1. The van der Waals surface area contributed by atoms with Crippen molar-refractivity contribution in [2.45, 2.75) is 117 Å². The molecule has 7 rings (SSSR count). The van der Waals surface area contributed by atoms with Gasteiger partial charge in [0.05, 0.1) is 17.2 Å². The van der Waals surface area contributed by atoms with Crippen LogP contribution in [0.1, 0.15) is 125 Å². The van der Waals surface area contributed by atoms with Crippen LogP contribution in [0, 0.1) is 16.7 Å². The Bertz CT molecular complexity index is 2470. The van der Waals surface area contributed by atoms with Gasteiger partial charge >= 0.3 is 6.09 Å². The molecule has 1 aliphatic carbocycles. The number of H-pyrrole nitrogens is 1. The molecular formula is C50H65N9O5. The number of aromatic amines is 1. The van der Waals surface area contributed by atoms with Crippen molar-refractivity contribution in [1.82, 2.24) is 30.4 Å². The molecule has 2 saturated heterocycles. The quantitative estimate of drug-likeness (QED) is 0.114. The highest BCUT2D eigenvalue weighted by Crippen LogP contribution is 2.46. The topological polar surface area (TPSA) is 190 Å². The van der Waals surface area contributed by atoms with E-state index in [9.17, 15) is 24.4 Å². The van der Waals surface area contributed by atoms with Gasteiger partial charge in [-0.05, 0) is 112 Å². The van der Waals surface area contributed by atoms with Crippen molar-refractivity contribution >= 4 is 46.1 Å². The van der Waals surface area contributed by atoms with Gasteiger partial charge in [0.25, 0.3) is 0 Å². The van der Waals surface area contributed by atoms with Crippen molar-refractivity contribution < 1.29 is 23.9 Å². The van der Waals surface area contributed by atoms with Crippen LogP contribution < -0.4 is 21.3 Å². The van der Waals surface area contributed by atoms with Crippen LogP contribution in [0.3, 0.4) is 0 Å². The van der Waals surface area contributed by atoms with Gasteiger partial charge in [0.1, 0.15) is 17.5 Å². The lowest BCUT2D eigenvalue weighted by Gasteiger charge is -2.39. The number of amides is 3. The molecule has 4 heterocycles. The number of piperazine rings is 1. The molecule has 0 saturated carbocycles. The van der Waals surface area contributed by atoms with Gasteiger partial charge in [-0.15, -0.1) is 0 Å². The SMILES string of the molecule is CCc1cc2c(cc1N1CCN(C(=O)CCCN3C[C@H](NC(=O)[C@H](CCCc4cccnc4N)NC(=O)OC(C)(C)C)C(C)(C)C3)CC1)C(C)(C)c1[nH]c3cc(C#N)ccc3c1C2=O. The highest BCUT2D eigenvalue weighted by atomic mass is 16.6. The summed E-state index contributed by atoms with van der Waals surface area (Å²) in [4.78, 5) is 68.7. The Hall–Kier alpha value is -5.94. The molecule has 3 amide bonds. The average Bonchev–Trinajstić information content (AvgIpc) is 3.78. The van der Waals surface area contributed by atoms with E-state index in [1.807, 2.05) is 29.2 Å². The number of aryl methyl sites for hydroxylation is 2. The van der Waals surface area contributed by atoms with Crippen LogP contribution in [-0.2, 0) is 32.6 Å². The number of nitrogens with one attached hydrogen (secondary N) is 3. The number of ether oxygens (including phenoxy) is 1. The third kappa shape index (κ3) is 9.75. The smallest absolute Gasteiger partial charge is 0.408 e. The van der Waals surface area contributed by atoms with Gasteiger partial charge in [-0.2, -0.15) is 5.26 Å². The molecule has 0 radical (unpaired) electrons. The number of carbonyl (C=O) groups is 4. The molecule has 2 aliphatic heterocycles. The first-order chi connectivity index (χ1) is 30.3. The number of hydrogen-bond acceptors (Lipinski definition) is 10. The number of nitrogens with two attached hydrogens (primary N) is 1. The number of nitriles is 1. The molecule has 2 aromatic heterocycles. The molecule has 3 aliphatic rings. The number of likely N-dealkylation sites (tertiary alicyclic amines) is 1. The molecule has 2 fully saturated rings. The number of rotatable bonds is 13. The van der Waals surface area contributed by atoms with Crippen LogP contribution >= 0.6 is 0 Å². The number of alkyl carbamates (subject to hydrolysis) is 1. The fraction of sp³-hybridized carbons (Fsp3) is 0.520. The van der Waals surface area contributed by atoms with E-state index >= 15 is 0 Å². The van der Waals surface area contributed by atoms with E-state index in [0.29, 0.717) is 81.8 Å². The summed E-state index contributed by atoms with van der Waals surface area (Å²) in [5, 5.41) is 16.4. The lowest BCUT2D eigenvalue weighted by atomic mass is 9.70. The Labute approximate surface area is 377 Å². The molecule has 340 valence electrons. The van der Waals surface area contributed by atoms with Crippen molar-refractivity contribution in [2.24, 2.45) is 5.41 Å². The number of fused-ring (bicyclic) bond motifs is 4. The number of aromatic nitrogens is 2. The van der Waals surface area contributed by atoms with Crippen molar-refractivity contribution in [2.75, 3.05) is 56.4 Å². The summed E-state index contributed by atoms with van der Waals surface area (Å²) in [6.07, 6.45) is 4.55. The number of nitrogen functional groups attached to an aromatic ring is 1. The van der Waals surface area contributed by atoms with Crippen LogP contribution in [0.5, 0.6) is 0 Å². The Kier molecular flexibility index (Phi) is 13.2. The van der Waals surface area contributed by atoms with E-state index in [2.05, 4.69) is 83.2 Å². The van der Waals surface area contributed by atoms with Crippen LogP contribution in [0.25, 0.3) is 10.9 Å². The van der Waals surface area contributed by atoms with Crippen molar-refractivity contribution in [3.05, 3.63) is 87.7 Å². The monoisotopic (exact) mass is 872 g/mol. The van der Waals surface area contributed by atoms with Gasteiger partial charge in [0, 0.05) is 91.2 Å². The van der Waals surface area contributed by atoms with E-state index in [1.54, 1.807) is 33.0 Å². The van der Waals surface area contributed by atoms with Crippen molar-refractivity contribution in [3.63, 3.8) is 0 Å². The van der Waals surface area contributed by atoms with Crippen LogP contribution in [-0.4, -0.2) is 107 Å². The molecule has 4 aromatic rings. The highest BCUT2D eigenvalue weighted by Gasteiger charge is 2.42. The minimum absolute atomic E-state index is 0.00553. The zero-order valence-corrected chi connectivity index (χ0v) is 38.8. The second-order valence-corrected chi connectivity index (χ2v) is 20.0. The van der Waals surface area contributed by atoms with Crippen molar-refractivity contribution in [3.8, 4) is 6.07 Å². The van der Waals surface area contributed by atoms with Gasteiger partial charge in [0.15, 0.2) is 5.78 Å². The number of ketones is 1.